The SMILES string of the molecule is O=C(/C=C/c1nc2ccccc2s1)NCCOc1ccccc1. The summed E-state index contributed by atoms with van der Waals surface area (Å²) >= 11 is 1.56. The number of aromatic nitrogens is 1. The first-order valence-electron chi connectivity index (χ1n) is 7.30. The van der Waals surface area contributed by atoms with E-state index >= 15 is 0 Å². The smallest absolute Gasteiger partial charge is 0.244 e. The van der Waals surface area contributed by atoms with Crippen molar-refractivity contribution in [2.24, 2.45) is 0 Å². The van der Waals surface area contributed by atoms with E-state index in [9.17, 15) is 4.79 Å². The number of hydrogen-bond donors (Lipinski definition) is 1. The Kier molecular flexibility index (Phi) is 5.01. The molecule has 0 radical (unpaired) electrons. The van der Waals surface area contributed by atoms with Crippen LogP contribution in [0.2, 0.25) is 0 Å². The highest BCUT2D eigenvalue weighted by atomic mass is 32.1. The fourth-order valence-corrected chi connectivity index (χ4v) is 2.90. The van der Waals surface area contributed by atoms with E-state index in [1.807, 2.05) is 54.6 Å². The average molecular weight is 324 g/mol. The lowest BCUT2D eigenvalue weighted by Gasteiger charge is -2.05. The molecule has 5 heteroatoms. The van der Waals surface area contributed by atoms with Gasteiger partial charge in [0.1, 0.15) is 17.4 Å². The normalized spacial score (nSPS) is 11.0. The molecule has 0 aliphatic heterocycles. The van der Waals surface area contributed by atoms with Gasteiger partial charge in [0, 0.05) is 6.08 Å². The number of carbonyl (C=O) groups is 1. The highest BCUT2D eigenvalue weighted by Gasteiger charge is 2.01. The van der Waals surface area contributed by atoms with Crippen LogP contribution in [-0.2, 0) is 4.79 Å². The van der Waals surface area contributed by atoms with Gasteiger partial charge in [0.15, 0.2) is 0 Å². The summed E-state index contributed by atoms with van der Waals surface area (Å²) in [7, 11) is 0. The molecule has 1 heterocycles. The van der Waals surface area contributed by atoms with Crippen LogP contribution in [-0.4, -0.2) is 24.0 Å². The van der Waals surface area contributed by atoms with E-state index in [1.54, 1.807) is 17.4 Å². The zero-order valence-corrected chi connectivity index (χ0v) is 13.3. The number of carbonyl (C=O) groups excluding carboxylic acids is 1. The highest BCUT2D eigenvalue weighted by molar-refractivity contribution is 7.19. The molecule has 3 rings (SSSR count). The maximum atomic E-state index is 11.8. The molecule has 1 amide bonds. The summed E-state index contributed by atoms with van der Waals surface area (Å²) in [5, 5.41) is 3.60. The van der Waals surface area contributed by atoms with Crippen molar-refractivity contribution in [3.05, 3.63) is 65.7 Å². The number of benzene rings is 2. The summed E-state index contributed by atoms with van der Waals surface area (Å²) in [6.45, 7) is 0.892. The van der Waals surface area contributed by atoms with Crippen molar-refractivity contribution in [2.45, 2.75) is 0 Å². The second-order valence-electron chi connectivity index (χ2n) is 4.81. The molecule has 0 aliphatic carbocycles. The summed E-state index contributed by atoms with van der Waals surface area (Å²) in [6.07, 6.45) is 3.23. The summed E-state index contributed by atoms with van der Waals surface area (Å²) in [4.78, 5) is 16.2. The Bertz CT molecular complexity index is 779. The minimum Gasteiger partial charge on any atom is -0.492 e. The van der Waals surface area contributed by atoms with Crippen molar-refractivity contribution in [1.29, 1.82) is 0 Å². The number of fused-ring (bicyclic) bond motifs is 1. The predicted octanol–water partition coefficient (Wildman–Crippen LogP) is 3.50. The molecular formula is C18H16N2O2S. The molecule has 116 valence electrons. The third-order valence-corrected chi connectivity index (χ3v) is 4.10. The summed E-state index contributed by atoms with van der Waals surface area (Å²) < 4.78 is 6.62. The molecule has 4 nitrogen and oxygen atoms in total. The summed E-state index contributed by atoms with van der Waals surface area (Å²) in [6, 6.07) is 17.4. The Balaban J connectivity index is 1.45. The van der Waals surface area contributed by atoms with Gasteiger partial charge in [-0.2, -0.15) is 0 Å². The summed E-state index contributed by atoms with van der Waals surface area (Å²) in [5.41, 5.74) is 0.953. The largest absolute Gasteiger partial charge is 0.492 e. The first-order chi connectivity index (χ1) is 11.3. The molecule has 0 atom stereocenters. The molecule has 0 unspecified atom stereocenters. The average Bonchev–Trinajstić information content (AvgIpc) is 3.01. The van der Waals surface area contributed by atoms with E-state index in [0.717, 1.165) is 21.0 Å². The van der Waals surface area contributed by atoms with Crippen LogP contribution in [0, 0.1) is 0 Å². The van der Waals surface area contributed by atoms with Crippen molar-refractivity contribution in [2.75, 3.05) is 13.2 Å². The van der Waals surface area contributed by atoms with Crippen LogP contribution in [0.5, 0.6) is 5.75 Å². The number of rotatable bonds is 6. The monoisotopic (exact) mass is 324 g/mol. The molecular weight excluding hydrogens is 308 g/mol. The number of ether oxygens (including phenoxy) is 1. The predicted molar refractivity (Wildman–Crippen MR) is 93.6 cm³/mol. The number of nitrogens with zero attached hydrogens (tertiary/aromatic N) is 1. The molecule has 0 aliphatic rings. The van der Waals surface area contributed by atoms with E-state index < -0.39 is 0 Å². The molecule has 0 bridgehead atoms. The molecule has 0 saturated heterocycles. The first-order valence-corrected chi connectivity index (χ1v) is 8.12. The van der Waals surface area contributed by atoms with Gasteiger partial charge in [-0.1, -0.05) is 30.3 Å². The molecule has 1 N–H and O–H groups in total. The van der Waals surface area contributed by atoms with Crippen LogP contribution in [0.3, 0.4) is 0 Å². The molecule has 3 aromatic rings. The van der Waals surface area contributed by atoms with Gasteiger partial charge >= 0.3 is 0 Å². The van der Waals surface area contributed by atoms with Gasteiger partial charge in [-0.05, 0) is 30.3 Å². The Hall–Kier alpha value is -2.66. The molecule has 1 aromatic heterocycles. The fraction of sp³-hybridized carbons (Fsp3) is 0.111. The van der Waals surface area contributed by atoms with Crippen LogP contribution in [0.25, 0.3) is 16.3 Å². The number of nitrogens with one attached hydrogen (secondary N) is 1. The van der Waals surface area contributed by atoms with E-state index in [0.29, 0.717) is 13.2 Å². The van der Waals surface area contributed by atoms with E-state index in [-0.39, 0.29) is 5.91 Å². The van der Waals surface area contributed by atoms with Gasteiger partial charge in [0.2, 0.25) is 5.91 Å². The fourth-order valence-electron chi connectivity index (χ4n) is 2.03. The Morgan fingerprint density at radius 2 is 1.91 bits per heavy atom. The van der Waals surface area contributed by atoms with Crippen LogP contribution < -0.4 is 10.1 Å². The van der Waals surface area contributed by atoms with Crippen LogP contribution in [0.4, 0.5) is 0 Å². The van der Waals surface area contributed by atoms with Crippen molar-refractivity contribution in [3.63, 3.8) is 0 Å². The number of amides is 1. The highest BCUT2D eigenvalue weighted by Crippen LogP contribution is 2.22. The molecule has 0 fully saturated rings. The van der Waals surface area contributed by atoms with Gasteiger partial charge < -0.3 is 10.1 Å². The quantitative estimate of drug-likeness (QED) is 0.558. The maximum absolute atomic E-state index is 11.8. The zero-order valence-electron chi connectivity index (χ0n) is 12.4. The van der Waals surface area contributed by atoms with Gasteiger partial charge in [-0.25, -0.2) is 4.98 Å². The minimum absolute atomic E-state index is 0.152. The van der Waals surface area contributed by atoms with Crippen LogP contribution >= 0.6 is 11.3 Å². The number of hydrogen-bond acceptors (Lipinski definition) is 4. The maximum Gasteiger partial charge on any atom is 0.244 e. The van der Waals surface area contributed by atoms with E-state index in [4.69, 9.17) is 4.74 Å². The zero-order chi connectivity index (χ0) is 15.9. The standard InChI is InChI=1S/C18H16N2O2S/c21-17(19-12-13-22-14-6-2-1-3-7-14)10-11-18-20-15-8-4-5-9-16(15)23-18/h1-11H,12-13H2,(H,19,21)/b11-10+. The van der Waals surface area contributed by atoms with Crippen molar-refractivity contribution < 1.29 is 9.53 Å². The lowest BCUT2D eigenvalue weighted by molar-refractivity contribution is -0.116. The molecule has 0 saturated carbocycles. The molecule has 0 spiro atoms. The molecule has 23 heavy (non-hydrogen) atoms. The topological polar surface area (TPSA) is 51.2 Å². The third-order valence-electron chi connectivity index (χ3n) is 3.10. The summed E-state index contributed by atoms with van der Waals surface area (Å²) in [5.74, 6) is 0.646. The van der Waals surface area contributed by atoms with Gasteiger partial charge in [-0.15, -0.1) is 11.3 Å². The van der Waals surface area contributed by atoms with Gasteiger partial charge in [0.25, 0.3) is 0 Å². The van der Waals surface area contributed by atoms with Crippen molar-refractivity contribution >= 4 is 33.5 Å². The second-order valence-corrected chi connectivity index (χ2v) is 5.87. The van der Waals surface area contributed by atoms with Crippen molar-refractivity contribution in [3.8, 4) is 5.75 Å². The lowest BCUT2D eigenvalue weighted by atomic mass is 10.3. The lowest BCUT2D eigenvalue weighted by Crippen LogP contribution is -2.26. The van der Waals surface area contributed by atoms with Crippen LogP contribution in [0.1, 0.15) is 5.01 Å². The van der Waals surface area contributed by atoms with Crippen molar-refractivity contribution in [1.82, 2.24) is 10.3 Å². The third kappa shape index (κ3) is 4.40. The van der Waals surface area contributed by atoms with E-state index in [2.05, 4.69) is 10.3 Å². The van der Waals surface area contributed by atoms with Crippen LogP contribution in [0.15, 0.2) is 60.7 Å². The van der Waals surface area contributed by atoms with Gasteiger partial charge in [0.05, 0.1) is 16.8 Å². The Labute approximate surface area is 138 Å². The Morgan fingerprint density at radius 1 is 1.13 bits per heavy atom. The van der Waals surface area contributed by atoms with Gasteiger partial charge in [-0.3, -0.25) is 4.79 Å². The second kappa shape index (κ2) is 7.56. The minimum atomic E-state index is -0.152. The van der Waals surface area contributed by atoms with E-state index in [1.165, 1.54) is 6.08 Å². The molecule has 2 aromatic carbocycles. The number of thiazole rings is 1. The first kappa shape index (κ1) is 15.2. The Morgan fingerprint density at radius 3 is 2.74 bits per heavy atom. The number of para-hydroxylation sites is 2.